The predicted molar refractivity (Wildman–Crippen MR) is 32.2 cm³/mol. The molecular formula is C5H7N2O2-. The SMILES string of the molecule is NC(=O)C1=CCN([O-])C1. The molecule has 4 heteroatoms. The van der Waals surface area contributed by atoms with Crippen molar-refractivity contribution in [1.29, 1.82) is 0 Å². The van der Waals surface area contributed by atoms with Gasteiger partial charge in [-0.05, 0) is 0 Å². The molecule has 0 aromatic carbocycles. The molecule has 1 amide bonds. The monoisotopic (exact) mass is 127 g/mol. The Labute approximate surface area is 52.5 Å². The summed E-state index contributed by atoms with van der Waals surface area (Å²) < 4.78 is 0. The minimum absolute atomic E-state index is 0.148. The number of rotatable bonds is 1. The lowest BCUT2D eigenvalue weighted by Crippen LogP contribution is -2.19. The molecule has 0 unspecified atom stereocenters. The largest absolute Gasteiger partial charge is 0.785 e. The number of hydrogen-bond donors (Lipinski definition) is 1. The van der Waals surface area contributed by atoms with E-state index in [2.05, 4.69) is 0 Å². The number of primary amides is 1. The third kappa shape index (κ3) is 1.28. The van der Waals surface area contributed by atoms with E-state index in [-0.39, 0.29) is 13.1 Å². The van der Waals surface area contributed by atoms with Gasteiger partial charge in [0, 0.05) is 18.7 Å². The summed E-state index contributed by atoms with van der Waals surface area (Å²) in [5.74, 6) is -0.492. The van der Waals surface area contributed by atoms with Gasteiger partial charge in [0.2, 0.25) is 5.91 Å². The molecular weight excluding hydrogens is 120 g/mol. The standard InChI is InChI=1S/C5H7N2O2/c6-5(8)4-1-2-7(9)3-4/h1H,2-3H2,(H2,6,8)/q-1. The fourth-order valence-corrected chi connectivity index (χ4v) is 0.710. The van der Waals surface area contributed by atoms with Gasteiger partial charge in [0.1, 0.15) is 0 Å². The van der Waals surface area contributed by atoms with Gasteiger partial charge in [-0.1, -0.05) is 6.08 Å². The topological polar surface area (TPSA) is 69.4 Å². The highest BCUT2D eigenvalue weighted by molar-refractivity contribution is 5.92. The average Bonchev–Trinajstić information content (AvgIpc) is 2.14. The normalized spacial score (nSPS) is 19.9. The fourth-order valence-electron chi connectivity index (χ4n) is 0.710. The maximum absolute atomic E-state index is 10.4. The quantitative estimate of drug-likeness (QED) is 0.502. The summed E-state index contributed by atoms with van der Waals surface area (Å²) in [5.41, 5.74) is 5.31. The summed E-state index contributed by atoms with van der Waals surface area (Å²) in [6.07, 6.45) is 1.55. The van der Waals surface area contributed by atoms with Gasteiger partial charge in [-0.2, -0.15) is 0 Å². The van der Waals surface area contributed by atoms with Crippen LogP contribution in [0, 0.1) is 5.21 Å². The molecule has 0 spiro atoms. The third-order valence-electron chi connectivity index (χ3n) is 1.20. The molecule has 0 aliphatic carbocycles. The van der Waals surface area contributed by atoms with Gasteiger partial charge >= 0.3 is 0 Å². The summed E-state index contributed by atoms with van der Waals surface area (Å²) >= 11 is 0. The van der Waals surface area contributed by atoms with Crippen LogP contribution in [0.4, 0.5) is 0 Å². The highest BCUT2D eigenvalue weighted by Gasteiger charge is 2.09. The summed E-state index contributed by atoms with van der Waals surface area (Å²) in [4.78, 5) is 10.3. The average molecular weight is 127 g/mol. The van der Waals surface area contributed by atoms with Crippen molar-refractivity contribution in [2.75, 3.05) is 13.1 Å². The van der Waals surface area contributed by atoms with Crippen molar-refractivity contribution >= 4 is 5.91 Å². The minimum Gasteiger partial charge on any atom is -0.785 e. The summed E-state index contributed by atoms with van der Waals surface area (Å²) in [5, 5.41) is 11.2. The zero-order valence-electron chi connectivity index (χ0n) is 4.83. The van der Waals surface area contributed by atoms with Crippen molar-refractivity contribution in [2.45, 2.75) is 0 Å². The van der Waals surface area contributed by atoms with Gasteiger partial charge in [0.15, 0.2) is 0 Å². The van der Waals surface area contributed by atoms with E-state index in [0.29, 0.717) is 5.57 Å². The van der Waals surface area contributed by atoms with Gasteiger partial charge in [-0.15, -0.1) is 0 Å². The Bertz CT molecular complexity index is 164. The summed E-state index contributed by atoms with van der Waals surface area (Å²) in [6.45, 7) is 0.438. The fraction of sp³-hybridized carbons (Fsp3) is 0.400. The van der Waals surface area contributed by atoms with Crippen LogP contribution in [0.3, 0.4) is 0 Å². The second-order valence-corrected chi connectivity index (χ2v) is 1.92. The molecule has 50 valence electrons. The lowest BCUT2D eigenvalue weighted by atomic mass is 10.3. The van der Waals surface area contributed by atoms with Crippen molar-refractivity contribution in [3.8, 4) is 0 Å². The second-order valence-electron chi connectivity index (χ2n) is 1.92. The maximum Gasteiger partial charge on any atom is 0.245 e. The van der Waals surface area contributed by atoms with Crippen LogP contribution in [0.2, 0.25) is 0 Å². The molecule has 1 heterocycles. The zero-order valence-corrected chi connectivity index (χ0v) is 4.83. The molecule has 0 fully saturated rings. The molecule has 2 N–H and O–H groups in total. The van der Waals surface area contributed by atoms with Gasteiger partial charge in [-0.3, -0.25) is 4.79 Å². The van der Waals surface area contributed by atoms with Gasteiger partial charge in [-0.25, -0.2) is 0 Å². The minimum atomic E-state index is -0.492. The molecule has 0 bridgehead atoms. The lowest BCUT2D eigenvalue weighted by Gasteiger charge is -2.19. The molecule has 4 nitrogen and oxygen atoms in total. The molecule has 9 heavy (non-hydrogen) atoms. The maximum atomic E-state index is 10.4. The molecule has 0 radical (unpaired) electrons. The first-order valence-corrected chi connectivity index (χ1v) is 2.61. The van der Waals surface area contributed by atoms with Gasteiger partial charge < -0.3 is 16.0 Å². The van der Waals surface area contributed by atoms with Gasteiger partial charge in [0.05, 0.1) is 0 Å². The number of carbonyl (C=O) groups excluding carboxylic acids is 1. The van der Waals surface area contributed by atoms with Crippen molar-refractivity contribution in [3.05, 3.63) is 16.9 Å². The molecule has 1 aliphatic rings. The number of nitrogens with two attached hydrogens (primary N) is 1. The van der Waals surface area contributed by atoms with E-state index >= 15 is 0 Å². The first-order valence-electron chi connectivity index (χ1n) is 2.61. The summed E-state index contributed by atoms with van der Waals surface area (Å²) in [7, 11) is 0. The number of hydrogen-bond acceptors (Lipinski definition) is 3. The van der Waals surface area contributed by atoms with E-state index in [4.69, 9.17) is 5.73 Å². The lowest BCUT2D eigenvalue weighted by molar-refractivity contribution is -0.114. The van der Waals surface area contributed by atoms with Crippen LogP contribution in [-0.4, -0.2) is 24.1 Å². The van der Waals surface area contributed by atoms with Crippen LogP contribution in [0.1, 0.15) is 0 Å². The highest BCUT2D eigenvalue weighted by Crippen LogP contribution is 2.05. The first-order chi connectivity index (χ1) is 4.20. The van der Waals surface area contributed by atoms with Crippen LogP contribution < -0.4 is 5.73 Å². The molecule has 0 aromatic heterocycles. The van der Waals surface area contributed by atoms with Crippen molar-refractivity contribution < 1.29 is 4.79 Å². The number of amides is 1. The van der Waals surface area contributed by atoms with Crippen LogP contribution in [0.25, 0.3) is 0 Å². The molecule has 1 rings (SSSR count). The van der Waals surface area contributed by atoms with E-state index in [1.54, 1.807) is 6.08 Å². The van der Waals surface area contributed by atoms with Crippen molar-refractivity contribution in [2.24, 2.45) is 5.73 Å². The van der Waals surface area contributed by atoms with Crippen LogP contribution in [0.15, 0.2) is 11.6 Å². The van der Waals surface area contributed by atoms with Crippen LogP contribution in [0.5, 0.6) is 0 Å². The Morgan fingerprint density at radius 2 is 2.56 bits per heavy atom. The Balaban J connectivity index is 2.55. The van der Waals surface area contributed by atoms with E-state index in [1.165, 1.54) is 0 Å². The zero-order chi connectivity index (χ0) is 6.85. The third-order valence-corrected chi connectivity index (χ3v) is 1.20. The Hall–Kier alpha value is -0.870. The van der Waals surface area contributed by atoms with E-state index in [1.807, 2.05) is 0 Å². The Morgan fingerprint density at radius 1 is 1.89 bits per heavy atom. The first kappa shape index (κ1) is 6.25. The Kier molecular flexibility index (Phi) is 1.50. The van der Waals surface area contributed by atoms with Gasteiger partial charge in [0.25, 0.3) is 0 Å². The van der Waals surface area contributed by atoms with Crippen molar-refractivity contribution in [3.63, 3.8) is 0 Å². The molecule has 0 saturated carbocycles. The molecule has 0 saturated heterocycles. The van der Waals surface area contributed by atoms with Crippen molar-refractivity contribution in [1.82, 2.24) is 5.06 Å². The van der Waals surface area contributed by atoms with E-state index < -0.39 is 5.91 Å². The van der Waals surface area contributed by atoms with E-state index in [0.717, 1.165) is 5.06 Å². The molecule has 0 aromatic rings. The summed E-state index contributed by atoms with van der Waals surface area (Å²) in [6, 6.07) is 0. The number of hydroxylamine groups is 2. The molecule has 0 atom stereocenters. The number of nitrogens with zero attached hydrogens (tertiary/aromatic N) is 1. The second kappa shape index (κ2) is 2.16. The Morgan fingerprint density at radius 3 is 2.78 bits per heavy atom. The van der Waals surface area contributed by atoms with Crippen LogP contribution >= 0.6 is 0 Å². The number of carbonyl (C=O) groups is 1. The highest BCUT2D eigenvalue weighted by atomic mass is 16.5. The molecule has 1 aliphatic heterocycles. The van der Waals surface area contributed by atoms with Crippen LogP contribution in [-0.2, 0) is 4.79 Å². The smallest absolute Gasteiger partial charge is 0.245 e. The predicted octanol–water partition coefficient (Wildman–Crippen LogP) is -0.788. The van der Waals surface area contributed by atoms with E-state index in [9.17, 15) is 10.0 Å².